The lowest BCUT2D eigenvalue weighted by molar-refractivity contribution is -0.284. The van der Waals surface area contributed by atoms with Crippen molar-refractivity contribution in [1.29, 1.82) is 0 Å². The van der Waals surface area contributed by atoms with E-state index in [2.05, 4.69) is 18.3 Å². The first-order chi connectivity index (χ1) is 17.4. The van der Waals surface area contributed by atoms with Crippen LogP contribution < -0.4 is 5.32 Å². The molecule has 0 aliphatic carbocycles. The summed E-state index contributed by atoms with van der Waals surface area (Å²) in [6.07, 6.45) is 9.09. The molecule has 0 aromatic heterocycles. The molecule has 208 valence electrons. The first-order valence-electron chi connectivity index (χ1n) is 13.1. The first kappa shape index (κ1) is 29.5. The Kier molecular flexibility index (Phi) is 9.74. The Bertz CT molecular complexity index is 910. The van der Waals surface area contributed by atoms with Gasteiger partial charge in [-0.15, -0.1) is 0 Å². The van der Waals surface area contributed by atoms with E-state index < -0.39 is 29.7 Å². The van der Waals surface area contributed by atoms with Crippen LogP contribution in [0.15, 0.2) is 36.0 Å². The molecule has 37 heavy (non-hydrogen) atoms. The summed E-state index contributed by atoms with van der Waals surface area (Å²) in [6, 6.07) is -0.102. The molecule has 9 nitrogen and oxygen atoms in total. The number of carbonyl (C=O) groups is 2. The number of hydrogen-bond acceptors (Lipinski definition) is 8. The molecule has 0 bridgehead atoms. The Labute approximate surface area is 220 Å². The van der Waals surface area contributed by atoms with Crippen molar-refractivity contribution in [2.24, 2.45) is 5.92 Å². The van der Waals surface area contributed by atoms with Crippen LogP contribution in [0.1, 0.15) is 60.8 Å². The minimum absolute atomic E-state index is 0.0301. The number of epoxide rings is 1. The van der Waals surface area contributed by atoms with Crippen molar-refractivity contribution in [2.45, 2.75) is 109 Å². The summed E-state index contributed by atoms with van der Waals surface area (Å²) >= 11 is 0. The number of allylic oxidation sites excluding steroid dienone is 2. The van der Waals surface area contributed by atoms with Gasteiger partial charge >= 0.3 is 5.97 Å². The summed E-state index contributed by atoms with van der Waals surface area (Å²) in [6.45, 7) is 11.5. The van der Waals surface area contributed by atoms with E-state index in [9.17, 15) is 14.7 Å². The predicted octanol–water partition coefficient (Wildman–Crippen LogP) is 2.97. The highest BCUT2D eigenvalue weighted by atomic mass is 16.7. The summed E-state index contributed by atoms with van der Waals surface area (Å²) in [5.41, 5.74) is 0.455. The van der Waals surface area contributed by atoms with Gasteiger partial charge in [0.05, 0.1) is 24.9 Å². The summed E-state index contributed by atoms with van der Waals surface area (Å²) < 4.78 is 28.4. The molecule has 1 unspecified atom stereocenters. The maximum Gasteiger partial charge on any atom is 0.303 e. The number of aliphatic hydroxyl groups excluding tert-OH is 1. The number of hydrogen-bond donors (Lipinski definition) is 2. The minimum Gasteiger partial charge on any atom is -0.459 e. The van der Waals surface area contributed by atoms with Crippen LogP contribution >= 0.6 is 0 Å². The lowest BCUT2D eigenvalue weighted by Crippen LogP contribution is -2.55. The van der Waals surface area contributed by atoms with Crippen LogP contribution in [0.2, 0.25) is 0 Å². The van der Waals surface area contributed by atoms with Crippen molar-refractivity contribution in [3.8, 4) is 0 Å². The molecule has 2 N–H and O–H groups in total. The molecule has 3 fully saturated rings. The highest BCUT2D eigenvalue weighted by Gasteiger charge is 2.61. The number of ether oxygens (including phenoxy) is 5. The molecule has 9 heteroatoms. The molecule has 3 rings (SSSR count). The monoisotopic (exact) mass is 521 g/mol. The lowest BCUT2D eigenvalue weighted by Gasteiger charge is -2.42. The van der Waals surface area contributed by atoms with Crippen LogP contribution in [0.5, 0.6) is 0 Å². The Hall–Kier alpha value is -2.04. The van der Waals surface area contributed by atoms with Crippen LogP contribution in [-0.2, 0) is 33.3 Å². The van der Waals surface area contributed by atoms with Crippen molar-refractivity contribution >= 4 is 11.9 Å². The standard InChI is InChI=1S/C28H43NO8/c1-17(9-12-24-26(32)28(16-34-28)15-27(6,33-7)37-24)8-11-23-18(2)14-22(20(4)36-23)29-25(31)13-10-19(3)35-21(5)30/h8-10,12-13,18-20,22-24,26,32H,11,14-16H2,1-7H3,(H,29,31)/b12-9+,13-10-,17-8+/t18-,19-,20+,22+,23-,24?,26+,27+,28+/m0/s1. The number of aliphatic hydroxyl groups is 1. The average Bonchev–Trinajstić information content (AvgIpc) is 3.59. The minimum atomic E-state index is -0.799. The van der Waals surface area contributed by atoms with Gasteiger partial charge in [-0.3, -0.25) is 9.59 Å². The van der Waals surface area contributed by atoms with E-state index in [1.165, 1.54) is 13.0 Å². The number of carbonyl (C=O) groups excluding carboxylic acids is 2. The fourth-order valence-electron chi connectivity index (χ4n) is 5.06. The van der Waals surface area contributed by atoms with E-state index in [1.807, 2.05) is 32.9 Å². The van der Waals surface area contributed by atoms with Crippen LogP contribution in [0.3, 0.4) is 0 Å². The van der Waals surface area contributed by atoms with E-state index in [1.54, 1.807) is 20.1 Å². The molecule has 3 aliphatic rings. The summed E-state index contributed by atoms with van der Waals surface area (Å²) in [7, 11) is 1.60. The number of nitrogens with one attached hydrogen (secondary N) is 1. The normalized spacial score (nSPS) is 39.2. The highest BCUT2D eigenvalue weighted by Crippen LogP contribution is 2.46. The van der Waals surface area contributed by atoms with Gasteiger partial charge in [0.2, 0.25) is 5.91 Å². The number of esters is 1. The molecule has 3 heterocycles. The second kappa shape index (κ2) is 12.2. The molecule has 1 amide bonds. The lowest BCUT2D eigenvalue weighted by atomic mass is 9.87. The molecular weight excluding hydrogens is 478 g/mol. The topological polar surface area (TPSA) is 116 Å². The molecular formula is C28H43NO8. The van der Waals surface area contributed by atoms with Crippen molar-refractivity contribution < 1.29 is 38.4 Å². The van der Waals surface area contributed by atoms with E-state index in [4.69, 9.17) is 23.7 Å². The van der Waals surface area contributed by atoms with Gasteiger partial charge in [0.1, 0.15) is 23.9 Å². The van der Waals surface area contributed by atoms with E-state index in [0.717, 1.165) is 18.4 Å². The predicted molar refractivity (Wildman–Crippen MR) is 138 cm³/mol. The zero-order valence-corrected chi connectivity index (χ0v) is 23.1. The fourth-order valence-corrected chi connectivity index (χ4v) is 5.06. The maximum absolute atomic E-state index is 12.3. The molecule has 9 atom stereocenters. The summed E-state index contributed by atoms with van der Waals surface area (Å²) in [5.74, 6) is -1.18. The molecule has 1 spiro atoms. The molecule has 0 saturated carbocycles. The van der Waals surface area contributed by atoms with Gasteiger partial charge in [0.25, 0.3) is 0 Å². The maximum atomic E-state index is 12.3. The fraction of sp³-hybridized carbons (Fsp3) is 0.714. The van der Waals surface area contributed by atoms with Crippen molar-refractivity contribution in [2.75, 3.05) is 13.7 Å². The quantitative estimate of drug-likeness (QED) is 0.206. The van der Waals surface area contributed by atoms with Crippen molar-refractivity contribution in [3.63, 3.8) is 0 Å². The number of rotatable bonds is 9. The van der Waals surface area contributed by atoms with E-state index >= 15 is 0 Å². The highest BCUT2D eigenvalue weighted by molar-refractivity contribution is 5.87. The van der Waals surface area contributed by atoms with Gasteiger partial charge in [-0.2, -0.15) is 0 Å². The first-order valence-corrected chi connectivity index (χ1v) is 13.1. The second-order valence-corrected chi connectivity index (χ2v) is 10.8. The van der Waals surface area contributed by atoms with Crippen LogP contribution in [-0.4, -0.2) is 78.6 Å². The zero-order chi connectivity index (χ0) is 27.4. The Balaban J connectivity index is 1.50. The van der Waals surface area contributed by atoms with Crippen LogP contribution in [0, 0.1) is 5.92 Å². The second-order valence-electron chi connectivity index (χ2n) is 10.8. The molecule has 3 saturated heterocycles. The SMILES string of the molecule is CO[C@@]1(C)C[C@@]2(CO2)[C@H](O)C(/C=C/C(C)=C/C[C@@H]2O[C@H](C)[C@H](NC(=O)/C=C\[C@H](C)OC(C)=O)C[C@@H]2C)O1. The van der Waals surface area contributed by atoms with Gasteiger partial charge in [-0.1, -0.05) is 30.7 Å². The van der Waals surface area contributed by atoms with Crippen molar-refractivity contribution in [1.82, 2.24) is 5.32 Å². The average molecular weight is 522 g/mol. The smallest absolute Gasteiger partial charge is 0.303 e. The van der Waals surface area contributed by atoms with Crippen molar-refractivity contribution in [3.05, 3.63) is 36.0 Å². The van der Waals surface area contributed by atoms with E-state index in [0.29, 0.717) is 13.0 Å². The third-order valence-electron chi connectivity index (χ3n) is 7.44. The molecule has 3 aliphatic heterocycles. The third-order valence-corrected chi connectivity index (χ3v) is 7.44. The van der Waals surface area contributed by atoms with Gasteiger partial charge in [-0.05, 0) is 52.5 Å². The summed E-state index contributed by atoms with van der Waals surface area (Å²) in [5, 5.41) is 13.7. The molecule has 0 aromatic rings. The van der Waals surface area contributed by atoms with Crippen LogP contribution in [0.4, 0.5) is 0 Å². The summed E-state index contributed by atoms with van der Waals surface area (Å²) in [4.78, 5) is 23.3. The zero-order valence-electron chi connectivity index (χ0n) is 23.1. The largest absolute Gasteiger partial charge is 0.459 e. The third kappa shape index (κ3) is 7.97. The number of amides is 1. The molecule has 0 aromatic carbocycles. The van der Waals surface area contributed by atoms with Gasteiger partial charge in [0.15, 0.2) is 5.79 Å². The molecule has 0 radical (unpaired) electrons. The van der Waals surface area contributed by atoms with E-state index in [-0.39, 0.29) is 36.0 Å². The Morgan fingerprint density at radius 2 is 1.95 bits per heavy atom. The van der Waals surface area contributed by atoms with Gasteiger partial charge in [-0.25, -0.2) is 0 Å². The Morgan fingerprint density at radius 3 is 2.57 bits per heavy atom. The van der Waals surface area contributed by atoms with Crippen LogP contribution in [0.25, 0.3) is 0 Å². The van der Waals surface area contributed by atoms with Gasteiger partial charge in [0, 0.05) is 26.5 Å². The number of methoxy groups -OCH3 is 1. The Morgan fingerprint density at radius 1 is 1.24 bits per heavy atom. The van der Waals surface area contributed by atoms with Gasteiger partial charge < -0.3 is 34.1 Å².